The molecule has 1 unspecified atom stereocenters. The van der Waals surface area contributed by atoms with E-state index in [4.69, 9.17) is 0 Å². The van der Waals surface area contributed by atoms with E-state index in [2.05, 4.69) is 20.5 Å². The lowest BCUT2D eigenvalue weighted by molar-refractivity contribution is -0.139. The normalized spacial score (nSPS) is 22.0. The van der Waals surface area contributed by atoms with Crippen molar-refractivity contribution in [1.29, 1.82) is 0 Å². The number of carbonyl (C=O) groups is 1. The van der Waals surface area contributed by atoms with E-state index in [0.717, 1.165) is 70.6 Å². The third kappa shape index (κ3) is 6.68. The molecular formula is C23H35F2IN6O. The molecule has 10 heteroatoms. The SMILES string of the molecule is CN=C(NCCN1CCN(C(=O)C2CCC2)CC1)NC1CCN(c2ccc(F)cc2F)C1.I. The molecule has 1 aliphatic carbocycles. The number of amides is 1. The Labute approximate surface area is 212 Å². The van der Waals surface area contributed by atoms with E-state index in [1.807, 2.05) is 9.80 Å². The summed E-state index contributed by atoms with van der Waals surface area (Å²) in [5.74, 6) is 0.280. The van der Waals surface area contributed by atoms with Crippen molar-refractivity contribution in [3.63, 3.8) is 0 Å². The van der Waals surface area contributed by atoms with Crippen LogP contribution in [-0.2, 0) is 4.79 Å². The number of nitrogens with zero attached hydrogens (tertiary/aromatic N) is 4. The fourth-order valence-corrected chi connectivity index (χ4v) is 4.66. The van der Waals surface area contributed by atoms with Crippen molar-refractivity contribution >= 4 is 41.5 Å². The van der Waals surface area contributed by atoms with Crippen LogP contribution >= 0.6 is 24.0 Å². The standard InChI is InChI=1S/C23H34F2N6O.HI/c1-26-23(28-19-7-9-31(16-19)21-6-5-18(24)15-20(21)25)27-8-10-29-11-13-30(14-12-29)22(32)17-3-2-4-17;/h5-6,15,17,19H,2-4,7-14,16H2,1H3,(H2,26,27,28);1H. The first kappa shape index (κ1) is 25.9. The summed E-state index contributed by atoms with van der Waals surface area (Å²) in [6.07, 6.45) is 4.17. The Morgan fingerprint density at radius 3 is 2.52 bits per heavy atom. The number of halogens is 3. The number of rotatable bonds is 6. The molecule has 1 atom stereocenters. The van der Waals surface area contributed by atoms with Gasteiger partial charge in [0.1, 0.15) is 11.6 Å². The Morgan fingerprint density at radius 2 is 1.88 bits per heavy atom. The number of piperazine rings is 1. The van der Waals surface area contributed by atoms with Gasteiger partial charge in [0, 0.05) is 77.4 Å². The molecule has 1 amide bonds. The van der Waals surface area contributed by atoms with Crippen LogP contribution in [0, 0.1) is 17.6 Å². The predicted molar refractivity (Wildman–Crippen MR) is 137 cm³/mol. The lowest BCUT2D eigenvalue weighted by atomic mass is 9.84. The Hall–Kier alpha value is -1.69. The van der Waals surface area contributed by atoms with Crippen molar-refractivity contribution in [2.75, 3.05) is 64.3 Å². The molecule has 3 aliphatic rings. The number of nitrogens with one attached hydrogen (secondary N) is 2. The van der Waals surface area contributed by atoms with E-state index >= 15 is 0 Å². The molecule has 0 bridgehead atoms. The van der Waals surface area contributed by atoms with E-state index in [9.17, 15) is 13.6 Å². The largest absolute Gasteiger partial charge is 0.367 e. The predicted octanol–water partition coefficient (Wildman–Crippen LogP) is 2.27. The lowest BCUT2D eigenvalue weighted by Crippen LogP contribution is -2.53. The van der Waals surface area contributed by atoms with Gasteiger partial charge in [-0.1, -0.05) is 6.42 Å². The minimum atomic E-state index is -0.559. The van der Waals surface area contributed by atoms with Gasteiger partial charge < -0.3 is 20.4 Å². The number of carbonyl (C=O) groups excluding carboxylic acids is 1. The molecule has 3 fully saturated rings. The number of guanidine groups is 1. The molecule has 1 aromatic carbocycles. The maximum absolute atomic E-state index is 14.1. The average molecular weight is 576 g/mol. The zero-order valence-corrected chi connectivity index (χ0v) is 21.6. The second-order valence-corrected chi connectivity index (χ2v) is 8.97. The van der Waals surface area contributed by atoms with Gasteiger partial charge in [-0.3, -0.25) is 14.7 Å². The van der Waals surface area contributed by atoms with Crippen molar-refractivity contribution < 1.29 is 13.6 Å². The molecule has 7 nitrogen and oxygen atoms in total. The Morgan fingerprint density at radius 1 is 1.12 bits per heavy atom. The van der Waals surface area contributed by atoms with Crippen LogP contribution in [0.1, 0.15) is 25.7 Å². The minimum Gasteiger partial charge on any atom is -0.367 e. The average Bonchev–Trinajstić information content (AvgIpc) is 3.20. The van der Waals surface area contributed by atoms with Crippen LogP contribution in [0.3, 0.4) is 0 Å². The molecule has 33 heavy (non-hydrogen) atoms. The summed E-state index contributed by atoms with van der Waals surface area (Å²) >= 11 is 0. The van der Waals surface area contributed by atoms with Crippen molar-refractivity contribution in [3.8, 4) is 0 Å². The van der Waals surface area contributed by atoms with Gasteiger partial charge in [0.2, 0.25) is 5.91 Å². The smallest absolute Gasteiger partial charge is 0.225 e. The number of benzene rings is 1. The first-order chi connectivity index (χ1) is 15.5. The van der Waals surface area contributed by atoms with Gasteiger partial charge >= 0.3 is 0 Å². The van der Waals surface area contributed by atoms with Crippen molar-refractivity contribution in [3.05, 3.63) is 29.8 Å². The van der Waals surface area contributed by atoms with Gasteiger partial charge in [-0.2, -0.15) is 0 Å². The molecule has 2 N–H and O–H groups in total. The lowest BCUT2D eigenvalue weighted by Gasteiger charge is -2.38. The summed E-state index contributed by atoms with van der Waals surface area (Å²) in [4.78, 5) is 23.0. The highest BCUT2D eigenvalue weighted by atomic mass is 127. The molecule has 0 radical (unpaired) electrons. The van der Waals surface area contributed by atoms with Crippen molar-refractivity contribution in [2.24, 2.45) is 10.9 Å². The van der Waals surface area contributed by atoms with Gasteiger partial charge in [-0.15, -0.1) is 24.0 Å². The number of aliphatic imine (C=N–C) groups is 1. The van der Waals surface area contributed by atoms with Crippen LogP contribution < -0.4 is 15.5 Å². The highest BCUT2D eigenvalue weighted by Gasteiger charge is 2.31. The quantitative estimate of drug-likeness (QED) is 0.309. The summed E-state index contributed by atoms with van der Waals surface area (Å²) in [6.45, 7) is 6.46. The first-order valence-corrected chi connectivity index (χ1v) is 11.7. The van der Waals surface area contributed by atoms with Crippen LogP contribution in [-0.4, -0.2) is 87.1 Å². The maximum Gasteiger partial charge on any atom is 0.225 e. The topological polar surface area (TPSA) is 63.2 Å². The van der Waals surface area contributed by atoms with Crippen molar-refractivity contribution in [1.82, 2.24) is 20.4 Å². The first-order valence-electron chi connectivity index (χ1n) is 11.7. The van der Waals surface area contributed by atoms with E-state index in [1.54, 1.807) is 7.05 Å². The van der Waals surface area contributed by atoms with E-state index < -0.39 is 11.6 Å². The van der Waals surface area contributed by atoms with Crippen molar-refractivity contribution in [2.45, 2.75) is 31.7 Å². The summed E-state index contributed by atoms with van der Waals surface area (Å²) < 4.78 is 27.2. The van der Waals surface area contributed by atoms with E-state index in [-0.39, 0.29) is 35.9 Å². The molecule has 0 aromatic heterocycles. The van der Waals surface area contributed by atoms with Crippen LogP contribution in [0.5, 0.6) is 0 Å². The Kier molecular flexibility index (Phi) is 9.54. The maximum atomic E-state index is 14.1. The zero-order valence-electron chi connectivity index (χ0n) is 19.2. The summed E-state index contributed by atoms with van der Waals surface area (Å²) in [6, 6.07) is 3.87. The van der Waals surface area contributed by atoms with Gasteiger partial charge in [0.25, 0.3) is 0 Å². The van der Waals surface area contributed by atoms with Gasteiger partial charge in [0.15, 0.2) is 5.96 Å². The van der Waals surface area contributed by atoms with Gasteiger partial charge in [-0.25, -0.2) is 8.78 Å². The highest BCUT2D eigenvalue weighted by molar-refractivity contribution is 14.0. The molecule has 1 aromatic rings. The third-order valence-corrected chi connectivity index (χ3v) is 6.86. The fourth-order valence-electron chi connectivity index (χ4n) is 4.66. The van der Waals surface area contributed by atoms with Crippen LogP contribution in [0.2, 0.25) is 0 Å². The Bertz CT molecular complexity index is 829. The second kappa shape index (κ2) is 12.1. The Balaban J connectivity index is 0.00000306. The number of anilines is 1. The van der Waals surface area contributed by atoms with Crippen LogP contribution in [0.4, 0.5) is 14.5 Å². The number of hydrogen-bond acceptors (Lipinski definition) is 4. The molecule has 184 valence electrons. The monoisotopic (exact) mass is 576 g/mol. The van der Waals surface area contributed by atoms with Gasteiger partial charge in [0.05, 0.1) is 5.69 Å². The van der Waals surface area contributed by atoms with E-state index in [0.29, 0.717) is 24.7 Å². The highest BCUT2D eigenvalue weighted by Crippen LogP contribution is 2.28. The molecule has 0 spiro atoms. The van der Waals surface area contributed by atoms with Gasteiger partial charge in [-0.05, 0) is 31.4 Å². The van der Waals surface area contributed by atoms with Crippen LogP contribution in [0.15, 0.2) is 23.2 Å². The molecule has 2 saturated heterocycles. The number of hydrogen-bond donors (Lipinski definition) is 2. The van der Waals surface area contributed by atoms with Crippen LogP contribution in [0.25, 0.3) is 0 Å². The second-order valence-electron chi connectivity index (χ2n) is 8.97. The molecular weight excluding hydrogens is 541 g/mol. The fraction of sp³-hybridized carbons (Fsp3) is 0.652. The molecule has 1 saturated carbocycles. The molecule has 2 aliphatic heterocycles. The summed E-state index contributed by atoms with van der Waals surface area (Å²) in [7, 11) is 1.74. The molecule has 4 rings (SSSR count). The summed E-state index contributed by atoms with van der Waals surface area (Å²) in [5.41, 5.74) is 0.438. The zero-order chi connectivity index (χ0) is 22.5. The van der Waals surface area contributed by atoms with E-state index in [1.165, 1.54) is 18.6 Å². The summed E-state index contributed by atoms with van der Waals surface area (Å²) in [5, 5.41) is 6.77. The minimum absolute atomic E-state index is 0. The molecule has 2 heterocycles. The third-order valence-electron chi connectivity index (χ3n) is 6.86.